The van der Waals surface area contributed by atoms with Crippen molar-refractivity contribution in [1.29, 1.82) is 5.26 Å². The molecule has 0 spiro atoms. The number of benzene rings is 1. The van der Waals surface area contributed by atoms with Crippen molar-refractivity contribution in [2.45, 2.75) is 24.5 Å². The fourth-order valence-electron chi connectivity index (χ4n) is 2.10. The van der Waals surface area contributed by atoms with Crippen LogP contribution in [0.15, 0.2) is 34.2 Å². The van der Waals surface area contributed by atoms with Crippen molar-refractivity contribution < 1.29 is 9.53 Å². The molecule has 0 saturated carbocycles. The van der Waals surface area contributed by atoms with Crippen LogP contribution in [0.3, 0.4) is 0 Å². The molecule has 2 aromatic rings. The largest absolute Gasteiger partial charge is 0.385 e. The summed E-state index contributed by atoms with van der Waals surface area (Å²) in [6.45, 7) is 1.03. The minimum absolute atomic E-state index is 0.133. The number of hydrogen-bond donors (Lipinski definition) is 2. The van der Waals surface area contributed by atoms with E-state index in [-0.39, 0.29) is 17.3 Å². The number of aromatic amines is 1. The van der Waals surface area contributed by atoms with Gasteiger partial charge in [0, 0.05) is 25.9 Å². The topological polar surface area (TPSA) is 113 Å². The lowest BCUT2D eigenvalue weighted by molar-refractivity contribution is -0.113. The van der Waals surface area contributed by atoms with Gasteiger partial charge in [0.15, 0.2) is 5.16 Å². The predicted octanol–water partition coefficient (Wildman–Crippen LogP) is 1.40. The van der Waals surface area contributed by atoms with Crippen molar-refractivity contribution in [2.24, 2.45) is 0 Å². The summed E-state index contributed by atoms with van der Waals surface area (Å²) in [7, 11) is 1.60. The Hall–Kier alpha value is -2.57. The Labute approximate surface area is 149 Å². The van der Waals surface area contributed by atoms with Gasteiger partial charge in [0.25, 0.3) is 0 Å². The number of carbonyl (C=O) groups excluding carboxylic acids is 1. The highest BCUT2D eigenvalue weighted by Crippen LogP contribution is 2.15. The second-order valence-electron chi connectivity index (χ2n) is 5.18. The maximum atomic E-state index is 12.0. The highest BCUT2D eigenvalue weighted by molar-refractivity contribution is 7.99. The van der Waals surface area contributed by atoms with Crippen LogP contribution in [0.25, 0.3) is 0 Å². The molecule has 2 N–H and O–H groups in total. The van der Waals surface area contributed by atoms with Crippen molar-refractivity contribution in [3.63, 3.8) is 0 Å². The zero-order valence-electron chi connectivity index (χ0n) is 13.8. The highest BCUT2D eigenvalue weighted by atomic mass is 32.2. The number of hydrogen-bond acceptors (Lipinski definition) is 6. The number of amides is 1. The second kappa shape index (κ2) is 9.66. The zero-order valence-corrected chi connectivity index (χ0v) is 14.6. The maximum absolute atomic E-state index is 12.0. The summed E-state index contributed by atoms with van der Waals surface area (Å²) in [5, 5.41) is 18.2. The number of carbonyl (C=O) groups is 1. The van der Waals surface area contributed by atoms with Crippen molar-refractivity contribution in [3.05, 3.63) is 40.3 Å². The number of thioether (sulfide) groups is 1. The summed E-state index contributed by atoms with van der Waals surface area (Å²) < 4.78 is 6.47. The molecular weight excluding hydrogens is 342 g/mol. The monoisotopic (exact) mass is 361 g/mol. The van der Waals surface area contributed by atoms with Crippen LogP contribution < -0.4 is 11.0 Å². The molecule has 1 aromatic heterocycles. The Morgan fingerprint density at radius 1 is 1.44 bits per heavy atom. The molecule has 1 aromatic carbocycles. The van der Waals surface area contributed by atoms with Crippen LogP contribution in [-0.2, 0) is 22.5 Å². The fraction of sp³-hybridized carbons (Fsp3) is 0.375. The van der Waals surface area contributed by atoms with Crippen molar-refractivity contribution in [3.8, 4) is 6.07 Å². The van der Waals surface area contributed by atoms with Gasteiger partial charge < -0.3 is 10.1 Å². The van der Waals surface area contributed by atoms with E-state index in [0.717, 1.165) is 5.56 Å². The third-order valence-corrected chi connectivity index (χ3v) is 4.28. The molecule has 25 heavy (non-hydrogen) atoms. The van der Waals surface area contributed by atoms with Gasteiger partial charge in [-0.25, -0.2) is 9.89 Å². The first-order valence-electron chi connectivity index (χ1n) is 7.66. The number of nitriles is 1. The third kappa shape index (κ3) is 5.77. The van der Waals surface area contributed by atoms with Gasteiger partial charge in [-0.2, -0.15) is 5.26 Å². The first-order valence-corrected chi connectivity index (χ1v) is 8.65. The molecule has 8 nitrogen and oxygen atoms in total. The molecule has 0 unspecified atom stereocenters. The average Bonchev–Trinajstić information content (AvgIpc) is 2.95. The minimum Gasteiger partial charge on any atom is -0.385 e. The molecule has 0 aliphatic carbocycles. The Morgan fingerprint density at radius 3 is 2.88 bits per heavy atom. The molecule has 0 atom stereocenters. The molecule has 1 amide bonds. The number of rotatable bonds is 9. The Kier molecular flexibility index (Phi) is 7.25. The standard InChI is InChI=1S/C16H19N5O3S/c1-24-10-2-9-21-15(23)19-20-16(21)25-11-14(22)18-13-5-3-12(4-6-13)7-8-17/h3-6H,2,7,9-11H2,1H3,(H,18,22)(H,19,23). The Morgan fingerprint density at radius 2 is 2.20 bits per heavy atom. The van der Waals surface area contributed by atoms with E-state index in [1.807, 2.05) is 0 Å². The third-order valence-electron chi connectivity index (χ3n) is 3.31. The maximum Gasteiger partial charge on any atom is 0.343 e. The van der Waals surface area contributed by atoms with Crippen LogP contribution in [0.1, 0.15) is 12.0 Å². The van der Waals surface area contributed by atoms with E-state index in [4.69, 9.17) is 10.00 Å². The summed E-state index contributed by atoms with van der Waals surface area (Å²) in [5.41, 5.74) is 1.25. The van der Waals surface area contributed by atoms with Crippen LogP contribution in [0.4, 0.5) is 5.69 Å². The van der Waals surface area contributed by atoms with E-state index < -0.39 is 0 Å². The first kappa shape index (κ1) is 18.8. The van der Waals surface area contributed by atoms with Crippen LogP contribution >= 0.6 is 11.8 Å². The smallest absolute Gasteiger partial charge is 0.343 e. The summed E-state index contributed by atoms with van der Waals surface area (Å²) in [6, 6.07) is 9.18. The number of methoxy groups -OCH3 is 1. The summed E-state index contributed by atoms with van der Waals surface area (Å²) in [5.74, 6) is -0.0638. The molecular formula is C16H19N5O3S. The van der Waals surface area contributed by atoms with Gasteiger partial charge in [0.1, 0.15) is 0 Å². The highest BCUT2D eigenvalue weighted by Gasteiger charge is 2.11. The first-order chi connectivity index (χ1) is 12.1. The quantitative estimate of drug-likeness (QED) is 0.516. The molecule has 0 radical (unpaired) electrons. The lowest BCUT2D eigenvalue weighted by Gasteiger charge is -2.07. The molecule has 9 heteroatoms. The van der Waals surface area contributed by atoms with Gasteiger partial charge >= 0.3 is 5.69 Å². The Balaban J connectivity index is 1.87. The number of aromatic nitrogens is 3. The number of ether oxygens (including phenoxy) is 1. The van der Waals surface area contributed by atoms with Crippen LogP contribution in [0, 0.1) is 11.3 Å². The molecule has 132 valence electrons. The molecule has 0 aliphatic heterocycles. The normalized spacial score (nSPS) is 10.4. The summed E-state index contributed by atoms with van der Waals surface area (Å²) in [4.78, 5) is 23.8. The van der Waals surface area contributed by atoms with Gasteiger partial charge in [0.05, 0.1) is 18.2 Å². The van der Waals surface area contributed by atoms with Gasteiger partial charge in [-0.1, -0.05) is 23.9 Å². The van der Waals surface area contributed by atoms with Crippen LogP contribution in [0.5, 0.6) is 0 Å². The number of nitrogens with one attached hydrogen (secondary N) is 2. The summed E-state index contributed by atoms with van der Waals surface area (Å²) >= 11 is 1.19. The van der Waals surface area contributed by atoms with E-state index in [1.165, 1.54) is 16.3 Å². The van der Waals surface area contributed by atoms with E-state index in [9.17, 15) is 9.59 Å². The summed E-state index contributed by atoms with van der Waals surface area (Å²) in [6.07, 6.45) is 1.02. The average molecular weight is 361 g/mol. The van der Waals surface area contributed by atoms with E-state index in [2.05, 4.69) is 21.6 Å². The van der Waals surface area contributed by atoms with Gasteiger partial charge in [-0.15, -0.1) is 5.10 Å². The predicted molar refractivity (Wildman–Crippen MR) is 94.5 cm³/mol. The second-order valence-corrected chi connectivity index (χ2v) is 6.12. The number of H-pyrrole nitrogens is 1. The molecule has 0 aliphatic rings. The molecule has 1 heterocycles. The lowest BCUT2D eigenvalue weighted by Crippen LogP contribution is -2.19. The van der Waals surface area contributed by atoms with E-state index >= 15 is 0 Å². The van der Waals surface area contributed by atoms with Gasteiger partial charge in [-0.3, -0.25) is 9.36 Å². The van der Waals surface area contributed by atoms with Crippen LogP contribution in [-0.4, -0.2) is 40.1 Å². The Bertz CT molecular complexity index is 791. The zero-order chi connectivity index (χ0) is 18.1. The van der Waals surface area contributed by atoms with Crippen molar-refractivity contribution >= 4 is 23.4 Å². The molecule has 0 fully saturated rings. The van der Waals surface area contributed by atoms with Crippen LogP contribution in [0.2, 0.25) is 0 Å². The molecule has 2 rings (SSSR count). The molecule has 0 bridgehead atoms. The fourth-order valence-corrected chi connectivity index (χ4v) is 2.87. The number of anilines is 1. The SMILES string of the molecule is COCCCn1c(SCC(=O)Nc2ccc(CC#N)cc2)n[nH]c1=O. The molecule has 0 saturated heterocycles. The van der Waals surface area contributed by atoms with Gasteiger partial charge in [-0.05, 0) is 24.1 Å². The van der Waals surface area contributed by atoms with Crippen molar-refractivity contribution in [2.75, 3.05) is 24.8 Å². The van der Waals surface area contributed by atoms with Gasteiger partial charge in [0.2, 0.25) is 5.91 Å². The number of nitrogens with zero attached hydrogens (tertiary/aromatic N) is 3. The van der Waals surface area contributed by atoms with E-state index in [1.54, 1.807) is 31.4 Å². The van der Waals surface area contributed by atoms with E-state index in [0.29, 0.717) is 36.8 Å². The minimum atomic E-state index is -0.299. The lowest BCUT2D eigenvalue weighted by atomic mass is 10.1. The van der Waals surface area contributed by atoms with Crippen molar-refractivity contribution in [1.82, 2.24) is 14.8 Å².